The Morgan fingerprint density at radius 3 is 2.27 bits per heavy atom. The Balaban J connectivity index is 2.72. The Bertz CT molecular complexity index is 150. The predicted octanol–water partition coefficient (Wildman–Crippen LogP) is 0.963. The Kier molecular flexibility index (Phi) is 2.01. The number of rotatable bonds is 0. The second-order valence-electron chi connectivity index (χ2n) is 4.97. The maximum absolute atomic E-state index is 5.92. The molecule has 0 amide bonds. The number of hydrogen-bond donors (Lipinski definition) is 1. The van der Waals surface area contributed by atoms with E-state index in [0.29, 0.717) is 11.6 Å². The third-order valence-corrected chi connectivity index (χ3v) is 3.46. The predicted molar refractivity (Wildman–Crippen MR) is 48.3 cm³/mol. The number of hydrogen-bond acceptors (Lipinski definition) is 1. The van der Waals surface area contributed by atoms with Crippen molar-refractivity contribution in [3.8, 4) is 0 Å². The van der Waals surface area contributed by atoms with Crippen LogP contribution in [0, 0.1) is 0 Å². The lowest BCUT2D eigenvalue weighted by Crippen LogP contribution is -2.62. The molecule has 0 bridgehead atoms. The minimum Gasteiger partial charge on any atom is -0.327 e. The third kappa shape index (κ3) is 1.57. The van der Waals surface area contributed by atoms with E-state index in [2.05, 4.69) is 27.9 Å². The van der Waals surface area contributed by atoms with Gasteiger partial charge in [0.15, 0.2) is 0 Å². The molecular weight excluding hydrogens is 136 g/mol. The molecule has 66 valence electrons. The highest BCUT2D eigenvalue weighted by Crippen LogP contribution is 2.30. The van der Waals surface area contributed by atoms with Gasteiger partial charge in [-0.15, -0.1) is 0 Å². The van der Waals surface area contributed by atoms with E-state index in [4.69, 9.17) is 5.73 Å². The smallest absolute Gasteiger partial charge is 0.0946 e. The summed E-state index contributed by atoms with van der Waals surface area (Å²) in [5, 5.41) is 0. The van der Waals surface area contributed by atoms with E-state index in [1.165, 1.54) is 13.0 Å². The molecule has 0 spiro atoms. The zero-order valence-electron chi connectivity index (χ0n) is 8.22. The molecule has 2 nitrogen and oxygen atoms in total. The average molecular weight is 157 g/mol. The zero-order valence-corrected chi connectivity index (χ0v) is 8.22. The van der Waals surface area contributed by atoms with Crippen LogP contribution in [0.4, 0.5) is 0 Å². The zero-order chi connectivity index (χ0) is 8.70. The van der Waals surface area contributed by atoms with Gasteiger partial charge in [-0.25, -0.2) is 0 Å². The molecule has 11 heavy (non-hydrogen) atoms. The highest BCUT2D eigenvalue weighted by Gasteiger charge is 2.41. The number of piperidine rings is 1. The first kappa shape index (κ1) is 9.01. The summed E-state index contributed by atoms with van der Waals surface area (Å²) in [4.78, 5) is 0. The van der Waals surface area contributed by atoms with Gasteiger partial charge in [-0.05, 0) is 13.8 Å². The van der Waals surface area contributed by atoms with Gasteiger partial charge in [0.2, 0.25) is 0 Å². The quantitative estimate of drug-likeness (QED) is 0.521. The van der Waals surface area contributed by atoms with Crippen molar-refractivity contribution in [1.82, 2.24) is 0 Å². The molecule has 1 fully saturated rings. The molecule has 1 aliphatic rings. The summed E-state index contributed by atoms with van der Waals surface area (Å²) in [6.45, 7) is 5.84. The number of nitrogens with zero attached hydrogens (tertiary/aromatic N) is 1. The van der Waals surface area contributed by atoms with Crippen molar-refractivity contribution in [3.63, 3.8) is 0 Å². The highest BCUT2D eigenvalue weighted by molar-refractivity contribution is 4.80. The fourth-order valence-corrected chi connectivity index (χ4v) is 1.78. The lowest BCUT2D eigenvalue weighted by Gasteiger charge is -2.49. The molecule has 2 N–H and O–H groups in total. The Morgan fingerprint density at radius 1 is 1.36 bits per heavy atom. The van der Waals surface area contributed by atoms with Crippen molar-refractivity contribution in [2.75, 3.05) is 20.6 Å². The van der Waals surface area contributed by atoms with E-state index < -0.39 is 0 Å². The van der Waals surface area contributed by atoms with Crippen LogP contribution in [-0.2, 0) is 0 Å². The van der Waals surface area contributed by atoms with Gasteiger partial charge in [0, 0.05) is 18.9 Å². The summed E-state index contributed by atoms with van der Waals surface area (Å²) in [7, 11) is 4.60. The highest BCUT2D eigenvalue weighted by atomic mass is 15.4. The molecule has 0 radical (unpaired) electrons. The molecule has 0 saturated carbocycles. The fourth-order valence-electron chi connectivity index (χ4n) is 1.78. The molecule has 2 heteroatoms. The summed E-state index contributed by atoms with van der Waals surface area (Å²) in [5.41, 5.74) is 6.28. The standard InChI is InChI=1S/C9H21N2/c1-9(2)7-8(10)5-6-11(9,3)4/h8H,5-7,10H2,1-4H3/q+1. The van der Waals surface area contributed by atoms with E-state index in [-0.39, 0.29) is 0 Å². The molecule has 1 rings (SSSR count). The lowest BCUT2D eigenvalue weighted by molar-refractivity contribution is -0.943. The van der Waals surface area contributed by atoms with E-state index in [1.807, 2.05) is 0 Å². The first-order valence-corrected chi connectivity index (χ1v) is 4.44. The van der Waals surface area contributed by atoms with Crippen LogP contribution < -0.4 is 5.73 Å². The van der Waals surface area contributed by atoms with Gasteiger partial charge < -0.3 is 10.2 Å². The van der Waals surface area contributed by atoms with Crippen LogP contribution in [0.1, 0.15) is 26.7 Å². The SMILES string of the molecule is CC1(C)CC(N)CC[N+]1(C)C. The summed E-state index contributed by atoms with van der Waals surface area (Å²) in [5.74, 6) is 0. The minimum atomic E-state index is 0.359. The van der Waals surface area contributed by atoms with Crippen LogP contribution in [0.25, 0.3) is 0 Å². The van der Waals surface area contributed by atoms with Crippen molar-refractivity contribution in [1.29, 1.82) is 0 Å². The third-order valence-electron chi connectivity index (χ3n) is 3.46. The maximum Gasteiger partial charge on any atom is 0.0946 e. The largest absolute Gasteiger partial charge is 0.327 e. The molecule has 0 aliphatic carbocycles. The van der Waals surface area contributed by atoms with Crippen molar-refractivity contribution >= 4 is 0 Å². The molecular formula is C9H21N2+. The van der Waals surface area contributed by atoms with E-state index in [9.17, 15) is 0 Å². The summed E-state index contributed by atoms with van der Waals surface area (Å²) in [6.07, 6.45) is 2.33. The summed E-state index contributed by atoms with van der Waals surface area (Å²) in [6, 6.07) is 0.427. The molecule has 1 heterocycles. The fraction of sp³-hybridized carbons (Fsp3) is 1.00. The Morgan fingerprint density at radius 2 is 1.91 bits per heavy atom. The minimum absolute atomic E-state index is 0.359. The van der Waals surface area contributed by atoms with Gasteiger partial charge in [0.1, 0.15) is 0 Å². The first-order chi connectivity index (χ1) is 4.85. The normalized spacial score (nSPS) is 35.2. The van der Waals surface area contributed by atoms with Crippen molar-refractivity contribution in [3.05, 3.63) is 0 Å². The lowest BCUT2D eigenvalue weighted by atomic mass is 9.86. The number of nitrogens with two attached hydrogens (primary N) is 1. The molecule has 0 aromatic rings. The van der Waals surface area contributed by atoms with Gasteiger partial charge in [-0.3, -0.25) is 0 Å². The van der Waals surface area contributed by atoms with Gasteiger partial charge >= 0.3 is 0 Å². The molecule has 1 unspecified atom stereocenters. The monoisotopic (exact) mass is 157 g/mol. The Labute approximate surface area is 70.0 Å². The van der Waals surface area contributed by atoms with Gasteiger partial charge in [0.05, 0.1) is 26.2 Å². The second-order valence-corrected chi connectivity index (χ2v) is 4.97. The topological polar surface area (TPSA) is 26.0 Å². The van der Waals surface area contributed by atoms with E-state index >= 15 is 0 Å². The van der Waals surface area contributed by atoms with Crippen molar-refractivity contribution in [2.24, 2.45) is 5.73 Å². The number of likely N-dealkylation sites (tertiary alicyclic amines) is 1. The maximum atomic E-state index is 5.92. The van der Waals surface area contributed by atoms with Crippen LogP contribution in [0.2, 0.25) is 0 Å². The van der Waals surface area contributed by atoms with Crippen LogP contribution in [0.3, 0.4) is 0 Å². The van der Waals surface area contributed by atoms with Gasteiger partial charge in [-0.2, -0.15) is 0 Å². The second kappa shape index (κ2) is 2.46. The molecule has 1 saturated heterocycles. The average Bonchev–Trinajstić information content (AvgIpc) is 1.80. The summed E-state index contributed by atoms with van der Waals surface area (Å²) < 4.78 is 1.11. The van der Waals surface area contributed by atoms with Crippen LogP contribution >= 0.6 is 0 Å². The van der Waals surface area contributed by atoms with Gasteiger partial charge in [-0.1, -0.05) is 0 Å². The van der Waals surface area contributed by atoms with Crippen molar-refractivity contribution < 1.29 is 4.48 Å². The summed E-state index contributed by atoms with van der Waals surface area (Å²) >= 11 is 0. The first-order valence-electron chi connectivity index (χ1n) is 4.44. The van der Waals surface area contributed by atoms with Crippen LogP contribution in [-0.4, -0.2) is 36.7 Å². The Hall–Kier alpha value is -0.0800. The van der Waals surface area contributed by atoms with E-state index in [1.54, 1.807) is 0 Å². The molecule has 1 aliphatic heterocycles. The van der Waals surface area contributed by atoms with Gasteiger partial charge in [0.25, 0.3) is 0 Å². The van der Waals surface area contributed by atoms with Crippen LogP contribution in [0.5, 0.6) is 0 Å². The van der Waals surface area contributed by atoms with Crippen LogP contribution in [0.15, 0.2) is 0 Å². The molecule has 1 atom stereocenters. The molecule has 0 aromatic carbocycles. The van der Waals surface area contributed by atoms with Crippen molar-refractivity contribution in [2.45, 2.75) is 38.3 Å². The molecule has 0 aromatic heterocycles. The number of quaternary nitrogens is 1. The van der Waals surface area contributed by atoms with E-state index in [0.717, 1.165) is 10.9 Å².